The van der Waals surface area contributed by atoms with E-state index in [1.807, 2.05) is 6.20 Å². The molecule has 0 aromatic carbocycles. The molecule has 0 radical (unpaired) electrons. The van der Waals surface area contributed by atoms with Gasteiger partial charge in [0.25, 0.3) is 0 Å². The van der Waals surface area contributed by atoms with E-state index < -0.39 is 0 Å². The molecule has 16 heavy (non-hydrogen) atoms. The van der Waals surface area contributed by atoms with E-state index in [-0.39, 0.29) is 5.41 Å². The maximum absolute atomic E-state index is 4.48. The third-order valence-corrected chi connectivity index (χ3v) is 2.92. The minimum absolute atomic E-state index is 0.169. The average molecular weight is 216 g/mol. The van der Waals surface area contributed by atoms with Crippen molar-refractivity contribution < 1.29 is 0 Å². The van der Waals surface area contributed by atoms with Gasteiger partial charge in [-0.1, -0.05) is 34.6 Å². The number of fused-ring (bicyclic) bond motifs is 1. The summed E-state index contributed by atoms with van der Waals surface area (Å²) in [6.45, 7) is 11.1. The predicted octanol–water partition coefficient (Wildman–Crippen LogP) is 3.76. The topological polar surface area (TPSA) is 17.3 Å². The molecule has 2 heteroatoms. The lowest BCUT2D eigenvalue weighted by Crippen LogP contribution is -2.14. The third kappa shape index (κ3) is 1.84. The Kier molecular flexibility index (Phi) is 2.53. The van der Waals surface area contributed by atoms with Crippen molar-refractivity contribution in [2.45, 2.75) is 46.0 Å². The van der Waals surface area contributed by atoms with Crippen molar-refractivity contribution in [3.63, 3.8) is 0 Å². The highest BCUT2D eigenvalue weighted by Crippen LogP contribution is 2.25. The fourth-order valence-corrected chi connectivity index (χ4v) is 1.93. The zero-order chi connectivity index (χ0) is 11.9. The lowest BCUT2D eigenvalue weighted by Gasteiger charge is -2.19. The van der Waals surface area contributed by atoms with Gasteiger partial charge >= 0.3 is 0 Å². The van der Waals surface area contributed by atoms with E-state index in [2.05, 4.69) is 62.3 Å². The number of hydrogen-bond acceptors (Lipinski definition) is 1. The molecule has 2 aromatic rings. The van der Waals surface area contributed by atoms with Crippen molar-refractivity contribution in [1.29, 1.82) is 0 Å². The molecule has 2 heterocycles. The average Bonchev–Trinajstić information content (AvgIpc) is 2.58. The molecule has 0 N–H and O–H groups in total. The van der Waals surface area contributed by atoms with E-state index in [4.69, 9.17) is 0 Å². The summed E-state index contributed by atoms with van der Waals surface area (Å²) >= 11 is 0. The number of aromatic nitrogens is 2. The zero-order valence-electron chi connectivity index (χ0n) is 10.8. The minimum Gasteiger partial charge on any atom is -0.317 e. The van der Waals surface area contributed by atoms with Gasteiger partial charge in [0.15, 0.2) is 0 Å². The first-order valence-electron chi connectivity index (χ1n) is 5.87. The third-order valence-electron chi connectivity index (χ3n) is 2.92. The molecule has 0 amide bonds. The standard InChI is InChI=1S/C14H20N2/c1-10(2)12-9-16-11(8-15-12)6-7-13(16)14(3,4)5/h6-10H,1-5H3. The SMILES string of the molecule is CC(C)c1cn2c(C(C)(C)C)ccc2cn1. The Labute approximate surface area is 97.3 Å². The largest absolute Gasteiger partial charge is 0.317 e. The molecule has 0 saturated carbocycles. The summed E-state index contributed by atoms with van der Waals surface area (Å²) < 4.78 is 2.27. The molecule has 0 atom stereocenters. The van der Waals surface area contributed by atoms with Gasteiger partial charge in [0.05, 0.1) is 17.4 Å². The quantitative estimate of drug-likeness (QED) is 0.709. The molecule has 0 unspecified atom stereocenters. The van der Waals surface area contributed by atoms with Crippen LogP contribution in [0.3, 0.4) is 0 Å². The molecule has 2 aromatic heterocycles. The monoisotopic (exact) mass is 216 g/mol. The van der Waals surface area contributed by atoms with Gasteiger partial charge in [-0.2, -0.15) is 0 Å². The summed E-state index contributed by atoms with van der Waals surface area (Å²) in [7, 11) is 0. The highest BCUT2D eigenvalue weighted by atomic mass is 14.9. The van der Waals surface area contributed by atoms with Crippen molar-refractivity contribution in [1.82, 2.24) is 9.38 Å². The molecule has 2 nitrogen and oxygen atoms in total. The molecule has 0 aliphatic carbocycles. The maximum Gasteiger partial charge on any atom is 0.0637 e. The van der Waals surface area contributed by atoms with Gasteiger partial charge < -0.3 is 4.40 Å². The van der Waals surface area contributed by atoms with Gasteiger partial charge in [-0.3, -0.25) is 4.98 Å². The fourth-order valence-electron chi connectivity index (χ4n) is 1.93. The maximum atomic E-state index is 4.48. The van der Waals surface area contributed by atoms with Crippen LogP contribution < -0.4 is 0 Å². The van der Waals surface area contributed by atoms with E-state index in [9.17, 15) is 0 Å². The Hall–Kier alpha value is -1.31. The lowest BCUT2D eigenvalue weighted by atomic mass is 9.92. The van der Waals surface area contributed by atoms with Crippen LogP contribution in [0.25, 0.3) is 5.52 Å². The lowest BCUT2D eigenvalue weighted by molar-refractivity contribution is 0.562. The Morgan fingerprint density at radius 1 is 1.19 bits per heavy atom. The second kappa shape index (κ2) is 3.62. The van der Waals surface area contributed by atoms with Gasteiger partial charge in [-0.15, -0.1) is 0 Å². The summed E-state index contributed by atoms with van der Waals surface area (Å²) in [5, 5.41) is 0. The number of nitrogens with zero attached hydrogens (tertiary/aromatic N) is 2. The van der Waals surface area contributed by atoms with Crippen LogP contribution in [0.4, 0.5) is 0 Å². The van der Waals surface area contributed by atoms with E-state index in [1.165, 1.54) is 11.2 Å². The van der Waals surface area contributed by atoms with Crippen LogP contribution >= 0.6 is 0 Å². The number of hydrogen-bond donors (Lipinski definition) is 0. The van der Waals surface area contributed by atoms with E-state index >= 15 is 0 Å². The summed E-state index contributed by atoms with van der Waals surface area (Å²) in [6, 6.07) is 4.33. The summed E-state index contributed by atoms with van der Waals surface area (Å²) in [6.07, 6.45) is 4.13. The van der Waals surface area contributed by atoms with Gasteiger partial charge in [0.1, 0.15) is 0 Å². The van der Waals surface area contributed by atoms with Gasteiger partial charge in [-0.25, -0.2) is 0 Å². The molecule has 0 aliphatic rings. The molecule has 0 bridgehead atoms. The van der Waals surface area contributed by atoms with Crippen LogP contribution in [0.15, 0.2) is 24.5 Å². The van der Waals surface area contributed by atoms with Crippen molar-refractivity contribution in [2.24, 2.45) is 0 Å². The fraction of sp³-hybridized carbons (Fsp3) is 0.500. The Morgan fingerprint density at radius 2 is 1.88 bits per heavy atom. The van der Waals surface area contributed by atoms with Gasteiger partial charge in [-0.05, 0) is 18.1 Å². The van der Waals surface area contributed by atoms with Crippen molar-refractivity contribution >= 4 is 5.52 Å². The summed E-state index contributed by atoms with van der Waals surface area (Å²) in [5.74, 6) is 0.472. The van der Waals surface area contributed by atoms with E-state index in [1.54, 1.807) is 0 Å². The molecule has 0 saturated heterocycles. The van der Waals surface area contributed by atoms with Crippen molar-refractivity contribution in [2.75, 3.05) is 0 Å². The first kappa shape index (κ1) is 11.2. The van der Waals surface area contributed by atoms with Crippen LogP contribution in [0.1, 0.15) is 51.9 Å². The zero-order valence-corrected chi connectivity index (χ0v) is 10.8. The van der Waals surface area contributed by atoms with Crippen molar-refractivity contribution in [3.8, 4) is 0 Å². The smallest absolute Gasteiger partial charge is 0.0637 e. The van der Waals surface area contributed by atoms with Crippen LogP contribution in [0.2, 0.25) is 0 Å². The predicted molar refractivity (Wildman–Crippen MR) is 68.0 cm³/mol. The summed E-state index contributed by atoms with van der Waals surface area (Å²) in [5.41, 5.74) is 3.83. The van der Waals surface area contributed by atoms with E-state index in [0.29, 0.717) is 5.92 Å². The molecule has 86 valence electrons. The Balaban J connectivity index is 2.65. The summed E-state index contributed by atoms with van der Waals surface area (Å²) in [4.78, 5) is 4.48. The molecular formula is C14H20N2. The normalized spacial score (nSPS) is 12.6. The molecular weight excluding hydrogens is 196 g/mol. The van der Waals surface area contributed by atoms with Gasteiger partial charge in [0, 0.05) is 17.3 Å². The Morgan fingerprint density at radius 3 is 2.44 bits per heavy atom. The molecule has 0 spiro atoms. The minimum atomic E-state index is 0.169. The van der Waals surface area contributed by atoms with Crippen LogP contribution in [0, 0.1) is 0 Å². The van der Waals surface area contributed by atoms with Crippen molar-refractivity contribution in [3.05, 3.63) is 35.9 Å². The van der Waals surface area contributed by atoms with Crippen LogP contribution in [-0.2, 0) is 5.41 Å². The molecule has 0 aliphatic heterocycles. The van der Waals surface area contributed by atoms with Gasteiger partial charge in [0.2, 0.25) is 0 Å². The second-order valence-electron chi connectivity index (χ2n) is 5.73. The highest BCUT2D eigenvalue weighted by molar-refractivity contribution is 5.49. The second-order valence-corrected chi connectivity index (χ2v) is 5.73. The van der Waals surface area contributed by atoms with Crippen LogP contribution in [0.5, 0.6) is 0 Å². The van der Waals surface area contributed by atoms with Crippen LogP contribution in [-0.4, -0.2) is 9.38 Å². The first-order chi connectivity index (χ1) is 7.39. The number of rotatable bonds is 1. The first-order valence-corrected chi connectivity index (χ1v) is 5.87. The Bertz CT molecular complexity index is 501. The molecule has 0 fully saturated rings. The van der Waals surface area contributed by atoms with E-state index in [0.717, 1.165) is 5.69 Å². The molecule has 2 rings (SSSR count). The highest BCUT2D eigenvalue weighted by Gasteiger charge is 2.18.